The maximum absolute atomic E-state index is 13.2. The Labute approximate surface area is 199 Å². The van der Waals surface area contributed by atoms with E-state index in [1.54, 1.807) is 25.0 Å². The van der Waals surface area contributed by atoms with Crippen molar-refractivity contribution in [2.24, 2.45) is 5.92 Å². The van der Waals surface area contributed by atoms with E-state index >= 15 is 0 Å². The summed E-state index contributed by atoms with van der Waals surface area (Å²) in [6.07, 6.45) is 2.55. The summed E-state index contributed by atoms with van der Waals surface area (Å²) >= 11 is 0. The van der Waals surface area contributed by atoms with Gasteiger partial charge in [0.05, 0.1) is 25.2 Å². The minimum absolute atomic E-state index is 0.0248. The van der Waals surface area contributed by atoms with Crippen molar-refractivity contribution in [3.8, 4) is 5.75 Å². The van der Waals surface area contributed by atoms with E-state index in [9.17, 15) is 14.4 Å². The average Bonchev–Trinajstić information content (AvgIpc) is 3.09. The first-order valence-electron chi connectivity index (χ1n) is 11.6. The number of benzene rings is 1. The molecule has 0 radical (unpaired) electrons. The Bertz CT molecular complexity index is 1020. The van der Waals surface area contributed by atoms with E-state index in [-0.39, 0.29) is 30.1 Å². The first-order valence-corrected chi connectivity index (χ1v) is 11.6. The van der Waals surface area contributed by atoms with Crippen LogP contribution in [0.15, 0.2) is 42.6 Å². The van der Waals surface area contributed by atoms with Gasteiger partial charge >= 0.3 is 5.97 Å². The van der Waals surface area contributed by atoms with Gasteiger partial charge in [-0.15, -0.1) is 0 Å². The summed E-state index contributed by atoms with van der Waals surface area (Å²) in [6, 6.07) is 10.8. The minimum Gasteiger partial charge on any atom is -0.497 e. The lowest BCUT2D eigenvalue weighted by Gasteiger charge is -2.25. The van der Waals surface area contributed by atoms with Gasteiger partial charge in [0.15, 0.2) is 0 Å². The van der Waals surface area contributed by atoms with Gasteiger partial charge < -0.3 is 24.2 Å². The van der Waals surface area contributed by atoms with Crippen molar-refractivity contribution in [3.63, 3.8) is 0 Å². The van der Waals surface area contributed by atoms with Crippen LogP contribution in [0, 0.1) is 5.92 Å². The molecule has 0 spiro atoms. The molecule has 0 bridgehead atoms. The normalized spacial score (nSPS) is 18.6. The van der Waals surface area contributed by atoms with Crippen LogP contribution in [-0.4, -0.2) is 74.1 Å². The molecule has 1 unspecified atom stereocenters. The molecule has 4 rings (SSSR count). The molecule has 2 fully saturated rings. The lowest BCUT2D eigenvalue weighted by atomic mass is 10.1. The summed E-state index contributed by atoms with van der Waals surface area (Å²) in [5.74, 6) is 0.751. The van der Waals surface area contributed by atoms with Crippen LogP contribution in [0.1, 0.15) is 30.1 Å². The van der Waals surface area contributed by atoms with E-state index in [4.69, 9.17) is 9.47 Å². The fraction of sp³-hybridized carbons (Fsp3) is 0.440. The number of nitrogens with zero attached hydrogens (tertiary/aromatic N) is 4. The molecule has 0 N–H and O–H groups in total. The Morgan fingerprint density at radius 1 is 1.06 bits per heavy atom. The lowest BCUT2D eigenvalue weighted by Crippen LogP contribution is -2.40. The number of anilines is 2. The molecule has 1 aromatic carbocycles. The first-order chi connectivity index (χ1) is 16.5. The van der Waals surface area contributed by atoms with Gasteiger partial charge in [-0.1, -0.05) is 0 Å². The molecule has 2 saturated heterocycles. The summed E-state index contributed by atoms with van der Waals surface area (Å²) in [5.41, 5.74) is 1.20. The number of methoxy groups -OCH3 is 1. The molecule has 0 saturated carbocycles. The zero-order valence-corrected chi connectivity index (χ0v) is 19.6. The van der Waals surface area contributed by atoms with Crippen LogP contribution in [-0.2, 0) is 14.3 Å². The van der Waals surface area contributed by atoms with Crippen molar-refractivity contribution in [2.75, 3.05) is 56.2 Å². The van der Waals surface area contributed by atoms with E-state index in [0.29, 0.717) is 38.3 Å². The smallest absolute Gasteiger partial charge is 0.339 e. The van der Waals surface area contributed by atoms with Crippen LogP contribution in [0.25, 0.3) is 0 Å². The number of esters is 1. The van der Waals surface area contributed by atoms with Crippen molar-refractivity contribution in [2.45, 2.75) is 19.8 Å². The standard InChI is InChI=1S/C25H30N4O5/c1-3-34-25(32)18-5-10-22(26-16-18)27-11-4-12-28(14-13-27)24(31)19-15-23(30)29(17-19)20-6-8-21(33-2)9-7-20/h5-10,16,19H,3-4,11-15,17H2,1-2H3. The third-order valence-electron chi connectivity index (χ3n) is 6.25. The van der Waals surface area contributed by atoms with Gasteiger partial charge in [-0.05, 0) is 49.7 Å². The number of hydrogen-bond acceptors (Lipinski definition) is 7. The molecule has 9 heteroatoms. The Balaban J connectivity index is 1.35. The molecule has 3 heterocycles. The molecule has 34 heavy (non-hydrogen) atoms. The Hall–Kier alpha value is -3.62. The zero-order chi connectivity index (χ0) is 24.1. The highest BCUT2D eigenvalue weighted by Gasteiger charge is 2.37. The Kier molecular flexibility index (Phi) is 7.30. The van der Waals surface area contributed by atoms with E-state index in [1.165, 1.54) is 6.20 Å². The fourth-order valence-corrected chi connectivity index (χ4v) is 4.42. The molecular formula is C25H30N4O5. The van der Waals surface area contributed by atoms with Crippen LogP contribution < -0.4 is 14.5 Å². The molecule has 9 nitrogen and oxygen atoms in total. The maximum atomic E-state index is 13.2. The summed E-state index contributed by atoms with van der Waals surface area (Å²) in [7, 11) is 1.60. The predicted molar refractivity (Wildman–Crippen MR) is 127 cm³/mol. The number of carbonyl (C=O) groups excluding carboxylic acids is 3. The van der Waals surface area contributed by atoms with Crippen LogP contribution in [0.3, 0.4) is 0 Å². The Morgan fingerprint density at radius 3 is 2.53 bits per heavy atom. The third-order valence-corrected chi connectivity index (χ3v) is 6.25. The van der Waals surface area contributed by atoms with Crippen molar-refractivity contribution in [1.29, 1.82) is 0 Å². The van der Waals surface area contributed by atoms with E-state index in [1.807, 2.05) is 35.2 Å². The van der Waals surface area contributed by atoms with Crippen LogP contribution >= 0.6 is 0 Å². The summed E-state index contributed by atoms with van der Waals surface area (Å²) in [5, 5.41) is 0. The molecule has 2 amide bonds. The number of carbonyl (C=O) groups is 3. The highest BCUT2D eigenvalue weighted by molar-refractivity contribution is 6.00. The highest BCUT2D eigenvalue weighted by Crippen LogP contribution is 2.28. The number of pyridine rings is 1. The van der Waals surface area contributed by atoms with Crippen LogP contribution in [0.4, 0.5) is 11.5 Å². The van der Waals surface area contributed by atoms with Crippen LogP contribution in [0.2, 0.25) is 0 Å². The van der Waals surface area contributed by atoms with Crippen molar-refractivity contribution in [1.82, 2.24) is 9.88 Å². The number of rotatable bonds is 6. The number of aromatic nitrogens is 1. The summed E-state index contributed by atoms with van der Waals surface area (Å²) < 4.78 is 10.2. The van der Waals surface area contributed by atoms with E-state index < -0.39 is 0 Å². The van der Waals surface area contributed by atoms with Gasteiger partial charge in [-0.25, -0.2) is 9.78 Å². The molecule has 1 atom stereocenters. The van der Waals surface area contributed by atoms with Gasteiger partial charge in [-0.3, -0.25) is 9.59 Å². The predicted octanol–water partition coefficient (Wildman–Crippen LogP) is 2.36. The third kappa shape index (κ3) is 5.13. The van der Waals surface area contributed by atoms with Gasteiger partial charge in [0, 0.05) is 51.0 Å². The molecule has 0 aliphatic carbocycles. The summed E-state index contributed by atoms with van der Waals surface area (Å²) in [4.78, 5) is 47.8. The number of amides is 2. The molecule has 1 aromatic heterocycles. The molecule has 180 valence electrons. The largest absolute Gasteiger partial charge is 0.497 e. The number of ether oxygens (including phenoxy) is 2. The van der Waals surface area contributed by atoms with Gasteiger partial charge in [0.2, 0.25) is 11.8 Å². The molecular weight excluding hydrogens is 436 g/mol. The van der Waals surface area contributed by atoms with Crippen LogP contribution in [0.5, 0.6) is 5.75 Å². The van der Waals surface area contributed by atoms with E-state index in [2.05, 4.69) is 9.88 Å². The SMILES string of the molecule is CCOC(=O)c1ccc(N2CCCN(C(=O)C3CC(=O)N(c4ccc(OC)cc4)C3)CC2)nc1. The zero-order valence-electron chi connectivity index (χ0n) is 19.6. The van der Waals surface area contributed by atoms with Crippen molar-refractivity contribution >= 4 is 29.3 Å². The van der Waals surface area contributed by atoms with Crippen molar-refractivity contribution in [3.05, 3.63) is 48.2 Å². The van der Waals surface area contributed by atoms with Gasteiger partial charge in [0.25, 0.3) is 0 Å². The van der Waals surface area contributed by atoms with Gasteiger partial charge in [0.1, 0.15) is 11.6 Å². The molecule has 2 aliphatic rings. The maximum Gasteiger partial charge on any atom is 0.339 e. The monoisotopic (exact) mass is 466 g/mol. The van der Waals surface area contributed by atoms with Gasteiger partial charge in [-0.2, -0.15) is 0 Å². The average molecular weight is 467 g/mol. The quantitative estimate of drug-likeness (QED) is 0.604. The molecule has 2 aromatic rings. The second kappa shape index (κ2) is 10.5. The topological polar surface area (TPSA) is 92.3 Å². The lowest BCUT2D eigenvalue weighted by molar-refractivity contribution is -0.135. The van der Waals surface area contributed by atoms with E-state index in [0.717, 1.165) is 30.2 Å². The Morgan fingerprint density at radius 2 is 1.85 bits per heavy atom. The number of hydrogen-bond donors (Lipinski definition) is 0. The minimum atomic E-state index is -0.385. The second-order valence-electron chi connectivity index (χ2n) is 8.39. The second-order valence-corrected chi connectivity index (χ2v) is 8.39. The van der Waals surface area contributed by atoms with Crippen molar-refractivity contribution < 1.29 is 23.9 Å². The fourth-order valence-electron chi connectivity index (χ4n) is 4.42. The molecule has 2 aliphatic heterocycles. The first kappa shape index (κ1) is 23.5. The summed E-state index contributed by atoms with van der Waals surface area (Å²) in [6.45, 7) is 5.08. The highest BCUT2D eigenvalue weighted by atomic mass is 16.5.